The summed E-state index contributed by atoms with van der Waals surface area (Å²) in [7, 11) is 3.94. The molecule has 36 heavy (non-hydrogen) atoms. The monoisotopic (exact) mass is 509 g/mol. The van der Waals surface area contributed by atoms with Gasteiger partial charge in [-0.1, -0.05) is 23.9 Å². The Morgan fingerprint density at radius 1 is 1.03 bits per heavy atom. The maximum absolute atomic E-state index is 12.9. The van der Waals surface area contributed by atoms with Crippen LogP contribution in [0.3, 0.4) is 0 Å². The predicted octanol–water partition coefficient (Wildman–Crippen LogP) is 2.59. The van der Waals surface area contributed by atoms with Gasteiger partial charge in [0.05, 0.1) is 49.3 Å². The molecule has 2 atom stereocenters. The van der Waals surface area contributed by atoms with E-state index < -0.39 is 29.7 Å². The summed E-state index contributed by atoms with van der Waals surface area (Å²) < 4.78 is 14.6. The molecule has 2 N–H and O–H groups in total. The highest BCUT2D eigenvalue weighted by Gasteiger charge is 2.44. The normalized spacial score (nSPS) is 16.9. The first kappa shape index (κ1) is 26.3. The van der Waals surface area contributed by atoms with Gasteiger partial charge in [-0.2, -0.15) is 5.26 Å². The van der Waals surface area contributed by atoms with Crippen LogP contribution in [-0.4, -0.2) is 50.8 Å². The Hall–Kier alpha value is -4.30. The fourth-order valence-electron chi connectivity index (χ4n) is 3.63. The van der Waals surface area contributed by atoms with Crippen molar-refractivity contribution < 1.29 is 33.4 Å². The van der Waals surface area contributed by atoms with E-state index in [-0.39, 0.29) is 27.8 Å². The molecule has 0 aliphatic carbocycles. The predicted molar refractivity (Wildman–Crippen MR) is 131 cm³/mol. The first-order chi connectivity index (χ1) is 17.3. The lowest BCUT2D eigenvalue weighted by atomic mass is 9.78. The van der Waals surface area contributed by atoms with Crippen LogP contribution >= 0.6 is 11.8 Å². The second-order valence-corrected chi connectivity index (χ2v) is 8.49. The van der Waals surface area contributed by atoms with Crippen molar-refractivity contribution in [2.75, 3.05) is 32.4 Å². The van der Waals surface area contributed by atoms with E-state index in [1.54, 1.807) is 36.4 Å². The summed E-state index contributed by atoms with van der Waals surface area (Å²) in [4.78, 5) is 49.7. The van der Waals surface area contributed by atoms with Crippen LogP contribution in [0.25, 0.3) is 0 Å². The van der Waals surface area contributed by atoms with Crippen molar-refractivity contribution in [1.29, 1.82) is 5.26 Å². The molecule has 3 rings (SSSR count). The Labute approximate surface area is 211 Å². The molecule has 1 aliphatic heterocycles. The lowest BCUT2D eigenvalue weighted by Crippen LogP contribution is -2.44. The second-order valence-electron chi connectivity index (χ2n) is 7.50. The molecule has 186 valence electrons. The van der Waals surface area contributed by atoms with Gasteiger partial charge < -0.3 is 24.8 Å². The van der Waals surface area contributed by atoms with Gasteiger partial charge >= 0.3 is 11.9 Å². The molecule has 2 aromatic carbocycles. The minimum Gasteiger partial charge on any atom is -0.497 e. The topological polar surface area (TPSA) is 144 Å². The average molecular weight is 510 g/mol. The van der Waals surface area contributed by atoms with E-state index in [0.717, 1.165) is 18.9 Å². The number of esters is 2. The molecule has 0 radical (unpaired) electrons. The minimum absolute atomic E-state index is 0.0954. The molecule has 11 heteroatoms. The molecule has 0 saturated carbocycles. The van der Waals surface area contributed by atoms with Crippen molar-refractivity contribution in [3.63, 3.8) is 0 Å². The molecule has 10 nitrogen and oxygen atoms in total. The molecule has 0 saturated heterocycles. The quantitative estimate of drug-likeness (QED) is 0.405. The number of amides is 2. The maximum atomic E-state index is 12.9. The molecule has 1 aliphatic rings. The Kier molecular flexibility index (Phi) is 8.70. The van der Waals surface area contributed by atoms with Gasteiger partial charge in [0.2, 0.25) is 11.8 Å². The lowest BCUT2D eigenvalue weighted by Gasteiger charge is -2.31. The molecule has 0 aromatic heterocycles. The number of hydrogen-bond donors (Lipinski definition) is 2. The summed E-state index contributed by atoms with van der Waals surface area (Å²) in [6, 6.07) is 14.9. The van der Waals surface area contributed by atoms with E-state index in [2.05, 4.69) is 16.7 Å². The number of benzene rings is 2. The summed E-state index contributed by atoms with van der Waals surface area (Å²) in [5.74, 6) is -4.17. The number of hydrogen-bond acceptors (Lipinski definition) is 9. The number of allylic oxidation sites excluding steroid dienone is 1. The van der Waals surface area contributed by atoms with Crippen LogP contribution in [0, 0.1) is 17.2 Å². The van der Waals surface area contributed by atoms with Gasteiger partial charge in [-0.25, -0.2) is 4.79 Å². The van der Waals surface area contributed by atoms with Crippen LogP contribution < -0.4 is 15.4 Å². The van der Waals surface area contributed by atoms with Gasteiger partial charge in [0, 0.05) is 11.6 Å². The number of thioether (sulfide) groups is 1. The maximum Gasteiger partial charge on any atom is 0.337 e. The first-order valence-corrected chi connectivity index (χ1v) is 11.6. The zero-order valence-corrected chi connectivity index (χ0v) is 20.5. The summed E-state index contributed by atoms with van der Waals surface area (Å²) in [6.07, 6.45) is 0. The third kappa shape index (κ3) is 5.84. The highest BCUT2D eigenvalue weighted by Crippen LogP contribution is 2.40. The molecule has 0 bridgehead atoms. The summed E-state index contributed by atoms with van der Waals surface area (Å²) in [5, 5.41) is 15.4. The number of carbonyl (C=O) groups excluding carboxylic acids is 4. The Bertz CT molecular complexity index is 1230. The zero-order chi connectivity index (χ0) is 26.2. The van der Waals surface area contributed by atoms with Crippen LogP contribution in [0.2, 0.25) is 0 Å². The van der Waals surface area contributed by atoms with E-state index in [9.17, 15) is 24.4 Å². The third-order valence-corrected chi connectivity index (χ3v) is 6.41. The van der Waals surface area contributed by atoms with Crippen LogP contribution in [0.15, 0.2) is 59.1 Å². The summed E-state index contributed by atoms with van der Waals surface area (Å²) in [5.41, 5.74) is 1.37. The standard InChI is InChI=1S/C25H23N3O7S/c1-33-17-10-8-16(9-11-17)27-19(29)13-36-23-18(12-26)20(21(22(30)28-23)25(32)35-3)14-4-6-15(7-5-14)24(31)34-2/h4-11,20-21H,13H2,1-3H3,(H,27,29)(H,28,30)/t20-,21-/m0/s1. The largest absolute Gasteiger partial charge is 0.497 e. The summed E-state index contributed by atoms with van der Waals surface area (Å²) >= 11 is 0.962. The molecule has 2 amide bonds. The fraction of sp³-hybridized carbons (Fsp3) is 0.240. The Balaban J connectivity index is 1.88. The van der Waals surface area contributed by atoms with Crippen LogP contribution in [0.4, 0.5) is 5.69 Å². The van der Waals surface area contributed by atoms with Gasteiger partial charge in [-0.3, -0.25) is 14.4 Å². The van der Waals surface area contributed by atoms with E-state index in [1.807, 2.05) is 0 Å². The van der Waals surface area contributed by atoms with E-state index in [0.29, 0.717) is 17.0 Å². The van der Waals surface area contributed by atoms with E-state index in [1.165, 1.54) is 26.4 Å². The minimum atomic E-state index is -1.33. The van der Waals surface area contributed by atoms with Crippen molar-refractivity contribution in [3.05, 3.63) is 70.3 Å². The van der Waals surface area contributed by atoms with E-state index in [4.69, 9.17) is 14.2 Å². The van der Waals surface area contributed by atoms with Crippen molar-refractivity contribution in [1.82, 2.24) is 5.32 Å². The van der Waals surface area contributed by atoms with Crippen LogP contribution in [0.5, 0.6) is 5.75 Å². The number of nitrogens with one attached hydrogen (secondary N) is 2. The molecule has 1 heterocycles. The Morgan fingerprint density at radius 2 is 1.69 bits per heavy atom. The molecule has 0 unspecified atom stereocenters. The highest BCUT2D eigenvalue weighted by molar-refractivity contribution is 8.03. The molecular weight excluding hydrogens is 486 g/mol. The smallest absolute Gasteiger partial charge is 0.337 e. The molecular formula is C25H23N3O7S. The Morgan fingerprint density at radius 3 is 2.25 bits per heavy atom. The highest BCUT2D eigenvalue weighted by atomic mass is 32.2. The van der Waals surface area contributed by atoms with Crippen molar-refractivity contribution >= 4 is 41.2 Å². The van der Waals surface area contributed by atoms with Crippen LogP contribution in [0.1, 0.15) is 21.8 Å². The van der Waals surface area contributed by atoms with Crippen molar-refractivity contribution in [3.8, 4) is 11.8 Å². The number of anilines is 1. The third-order valence-electron chi connectivity index (χ3n) is 5.40. The summed E-state index contributed by atoms with van der Waals surface area (Å²) in [6.45, 7) is 0. The SMILES string of the molecule is COC(=O)c1ccc([C@H]2C(C#N)=C(SCC(=O)Nc3ccc(OC)cc3)NC(=O)[C@H]2C(=O)OC)cc1. The number of carbonyl (C=O) groups is 4. The first-order valence-electron chi connectivity index (χ1n) is 10.6. The average Bonchev–Trinajstić information content (AvgIpc) is 2.91. The van der Waals surface area contributed by atoms with Gasteiger partial charge in [-0.05, 0) is 42.0 Å². The van der Waals surface area contributed by atoms with Crippen LogP contribution in [-0.2, 0) is 23.9 Å². The number of methoxy groups -OCH3 is 3. The molecule has 0 fully saturated rings. The number of nitriles is 1. The van der Waals surface area contributed by atoms with Gasteiger partial charge in [-0.15, -0.1) is 0 Å². The van der Waals surface area contributed by atoms with Crippen molar-refractivity contribution in [2.24, 2.45) is 5.92 Å². The van der Waals surface area contributed by atoms with Gasteiger partial charge in [0.1, 0.15) is 11.7 Å². The van der Waals surface area contributed by atoms with Gasteiger partial charge in [0.25, 0.3) is 0 Å². The molecule has 2 aromatic rings. The number of nitrogens with zero attached hydrogens (tertiary/aromatic N) is 1. The van der Waals surface area contributed by atoms with Gasteiger partial charge in [0.15, 0.2) is 0 Å². The lowest BCUT2D eigenvalue weighted by molar-refractivity contribution is -0.150. The molecule has 0 spiro atoms. The van der Waals surface area contributed by atoms with E-state index >= 15 is 0 Å². The second kappa shape index (κ2) is 11.9. The number of rotatable bonds is 8. The zero-order valence-electron chi connectivity index (χ0n) is 19.7. The van der Waals surface area contributed by atoms with Crippen molar-refractivity contribution in [2.45, 2.75) is 5.92 Å². The fourth-order valence-corrected chi connectivity index (χ4v) is 4.48. The number of ether oxygens (including phenoxy) is 3.